The van der Waals surface area contributed by atoms with E-state index in [9.17, 15) is 23.9 Å². The molecule has 2 aromatic carbocycles. The van der Waals surface area contributed by atoms with Crippen molar-refractivity contribution in [1.82, 2.24) is 0 Å². The van der Waals surface area contributed by atoms with Crippen LogP contribution in [0.4, 0.5) is 5.69 Å². The van der Waals surface area contributed by atoms with Gasteiger partial charge in [-0.2, -0.15) is 5.26 Å². The maximum atomic E-state index is 12.6. The van der Waals surface area contributed by atoms with Gasteiger partial charge in [-0.1, -0.05) is 22.0 Å². The summed E-state index contributed by atoms with van der Waals surface area (Å²) in [7, 11) is -4.12. The minimum atomic E-state index is -4.12. The number of nitrogens with zero attached hydrogens (tertiary/aromatic N) is 1. The third-order valence-electron chi connectivity index (χ3n) is 4.43. The first-order chi connectivity index (χ1) is 11.8. The fourth-order valence-electron chi connectivity index (χ4n) is 2.81. The average Bonchev–Trinajstić information content (AvgIpc) is 2.52. The first-order valence-corrected chi connectivity index (χ1v) is 9.81. The molecule has 130 valence electrons. The summed E-state index contributed by atoms with van der Waals surface area (Å²) in [5, 5.41) is 29.3. The van der Waals surface area contributed by atoms with Crippen LogP contribution in [-0.4, -0.2) is 18.6 Å². The number of hydrogen-bond acceptors (Lipinski definition) is 5. The lowest BCUT2D eigenvalue weighted by Gasteiger charge is -2.35. The van der Waals surface area contributed by atoms with Crippen molar-refractivity contribution < 1.29 is 18.6 Å². The molecule has 3 N–H and O–H groups in total. The van der Waals surface area contributed by atoms with Gasteiger partial charge in [0.05, 0.1) is 17.2 Å². The predicted octanol–water partition coefficient (Wildman–Crippen LogP) is 3.61. The van der Waals surface area contributed by atoms with E-state index in [1.165, 1.54) is 30.3 Å². The number of phenolic OH excluding ortho intramolecular Hbond substituents is 2. The number of sulfonamides is 1. The minimum absolute atomic E-state index is 0.0293. The molecule has 25 heavy (non-hydrogen) atoms. The van der Waals surface area contributed by atoms with Gasteiger partial charge in [-0.05, 0) is 55.2 Å². The molecule has 2 aromatic rings. The zero-order chi connectivity index (χ0) is 18.2. The van der Waals surface area contributed by atoms with Gasteiger partial charge < -0.3 is 10.2 Å². The number of hydrogen-bond donors (Lipinski definition) is 3. The smallest absolute Gasteiger partial charge is 0.265 e. The molecule has 0 radical (unpaired) electrons. The van der Waals surface area contributed by atoms with Crippen LogP contribution in [0.15, 0.2) is 45.8 Å². The Bertz CT molecular complexity index is 979. The first kappa shape index (κ1) is 17.6. The van der Waals surface area contributed by atoms with E-state index in [-0.39, 0.29) is 16.3 Å². The molecule has 1 fully saturated rings. The van der Waals surface area contributed by atoms with Crippen LogP contribution >= 0.6 is 15.9 Å². The number of aromatic hydroxyl groups is 2. The van der Waals surface area contributed by atoms with Gasteiger partial charge in [-0.15, -0.1) is 0 Å². The molecule has 8 heteroatoms. The molecular formula is C17H15BrN2O4S. The Hall–Kier alpha value is -2.24. The van der Waals surface area contributed by atoms with Crippen molar-refractivity contribution in [2.24, 2.45) is 0 Å². The SMILES string of the molecule is N#CC1(c2ccc(O)c(NS(=O)(=O)c3cc(Br)ccc3O)c2)CCC1. The average molecular weight is 423 g/mol. The standard InChI is InChI=1S/C17H15BrN2O4S/c18-12-3-5-15(22)16(9-12)25(23,24)20-13-8-11(2-4-14(13)21)17(10-19)6-1-7-17/h2-5,8-9,20-22H,1,6-7H2. The summed E-state index contributed by atoms with van der Waals surface area (Å²) in [6, 6.07) is 10.8. The zero-order valence-electron chi connectivity index (χ0n) is 13.0. The van der Waals surface area contributed by atoms with E-state index in [4.69, 9.17) is 0 Å². The van der Waals surface area contributed by atoms with Gasteiger partial charge >= 0.3 is 0 Å². The van der Waals surface area contributed by atoms with E-state index in [0.29, 0.717) is 22.9 Å². The summed E-state index contributed by atoms with van der Waals surface area (Å²) >= 11 is 3.16. The summed E-state index contributed by atoms with van der Waals surface area (Å²) in [5.74, 6) is -0.659. The quantitative estimate of drug-likeness (QED) is 0.651. The van der Waals surface area contributed by atoms with Crippen LogP contribution in [0, 0.1) is 11.3 Å². The Labute approximate surface area is 153 Å². The normalized spacial score (nSPS) is 15.8. The fraction of sp³-hybridized carbons (Fsp3) is 0.235. The fourth-order valence-corrected chi connectivity index (χ4v) is 4.51. The molecule has 0 saturated heterocycles. The Kier molecular flexibility index (Phi) is 4.39. The van der Waals surface area contributed by atoms with Crippen molar-refractivity contribution in [3.63, 3.8) is 0 Å². The number of halogens is 1. The first-order valence-electron chi connectivity index (χ1n) is 7.53. The second-order valence-electron chi connectivity index (χ2n) is 6.00. The Balaban J connectivity index is 2.00. The highest BCUT2D eigenvalue weighted by Gasteiger charge is 2.39. The molecule has 0 atom stereocenters. The van der Waals surface area contributed by atoms with Gasteiger partial charge in [0.25, 0.3) is 10.0 Å². The summed E-state index contributed by atoms with van der Waals surface area (Å²) in [6.45, 7) is 0. The van der Waals surface area contributed by atoms with E-state index >= 15 is 0 Å². The van der Waals surface area contributed by atoms with Crippen molar-refractivity contribution in [1.29, 1.82) is 5.26 Å². The van der Waals surface area contributed by atoms with Crippen molar-refractivity contribution in [2.75, 3.05) is 4.72 Å². The lowest BCUT2D eigenvalue weighted by molar-refractivity contribution is 0.324. The number of benzene rings is 2. The van der Waals surface area contributed by atoms with Crippen molar-refractivity contribution in [3.8, 4) is 17.6 Å². The molecule has 1 aliphatic rings. The molecule has 0 unspecified atom stereocenters. The van der Waals surface area contributed by atoms with Crippen LogP contribution in [0.25, 0.3) is 0 Å². The Morgan fingerprint density at radius 2 is 1.80 bits per heavy atom. The van der Waals surface area contributed by atoms with Crippen molar-refractivity contribution in [2.45, 2.75) is 29.6 Å². The summed E-state index contributed by atoms with van der Waals surface area (Å²) in [6.07, 6.45) is 2.33. The highest BCUT2D eigenvalue weighted by atomic mass is 79.9. The molecule has 6 nitrogen and oxygen atoms in total. The Morgan fingerprint density at radius 3 is 2.40 bits per heavy atom. The summed E-state index contributed by atoms with van der Waals surface area (Å²) in [5.41, 5.74) is -0.000153. The predicted molar refractivity (Wildman–Crippen MR) is 95.9 cm³/mol. The lowest BCUT2D eigenvalue weighted by atomic mass is 9.65. The van der Waals surface area contributed by atoms with E-state index in [2.05, 4.69) is 26.7 Å². The van der Waals surface area contributed by atoms with Gasteiger partial charge in [-0.3, -0.25) is 4.72 Å². The third kappa shape index (κ3) is 3.17. The van der Waals surface area contributed by atoms with Crippen LogP contribution in [0.3, 0.4) is 0 Å². The molecule has 0 aliphatic heterocycles. The van der Waals surface area contributed by atoms with Gasteiger partial charge in [0.2, 0.25) is 0 Å². The van der Waals surface area contributed by atoms with Crippen molar-refractivity contribution >= 4 is 31.6 Å². The number of anilines is 1. The molecule has 3 rings (SSSR count). The van der Waals surface area contributed by atoms with E-state index in [1.54, 1.807) is 6.07 Å². The molecular weight excluding hydrogens is 408 g/mol. The van der Waals surface area contributed by atoms with E-state index in [1.807, 2.05) is 0 Å². The molecule has 0 spiro atoms. The van der Waals surface area contributed by atoms with Crippen molar-refractivity contribution in [3.05, 3.63) is 46.4 Å². The van der Waals surface area contributed by atoms with Crippen LogP contribution in [-0.2, 0) is 15.4 Å². The molecule has 0 bridgehead atoms. The summed E-state index contributed by atoms with van der Waals surface area (Å²) < 4.78 is 27.9. The van der Waals surface area contributed by atoms with Crippen LogP contribution in [0.1, 0.15) is 24.8 Å². The van der Waals surface area contributed by atoms with E-state index in [0.717, 1.165) is 6.42 Å². The van der Waals surface area contributed by atoms with E-state index < -0.39 is 21.2 Å². The number of nitrogens with one attached hydrogen (secondary N) is 1. The largest absolute Gasteiger partial charge is 0.507 e. The topological polar surface area (TPSA) is 110 Å². The molecule has 1 saturated carbocycles. The molecule has 0 amide bonds. The monoisotopic (exact) mass is 422 g/mol. The highest BCUT2D eigenvalue weighted by molar-refractivity contribution is 9.10. The molecule has 0 aromatic heterocycles. The Morgan fingerprint density at radius 1 is 1.12 bits per heavy atom. The maximum Gasteiger partial charge on any atom is 0.265 e. The van der Waals surface area contributed by atoms with Gasteiger partial charge in [0.15, 0.2) is 0 Å². The highest BCUT2D eigenvalue weighted by Crippen LogP contribution is 2.45. The third-order valence-corrected chi connectivity index (χ3v) is 6.31. The number of nitriles is 1. The second-order valence-corrected chi connectivity index (χ2v) is 8.56. The zero-order valence-corrected chi connectivity index (χ0v) is 15.4. The molecule has 1 aliphatic carbocycles. The van der Waals surface area contributed by atoms with Crippen LogP contribution < -0.4 is 4.72 Å². The minimum Gasteiger partial charge on any atom is -0.507 e. The number of phenols is 2. The number of rotatable bonds is 4. The van der Waals surface area contributed by atoms with Gasteiger partial charge in [0.1, 0.15) is 16.4 Å². The van der Waals surface area contributed by atoms with Gasteiger partial charge in [0, 0.05) is 4.47 Å². The second kappa shape index (κ2) is 6.24. The maximum absolute atomic E-state index is 12.6. The van der Waals surface area contributed by atoms with Crippen LogP contribution in [0.5, 0.6) is 11.5 Å². The van der Waals surface area contributed by atoms with Gasteiger partial charge in [-0.25, -0.2) is 8.42 Å². The van der Waals surface area contributed by atoms with Crippen LogP contribution in [0.2, 0.25) is 0 Å². The summed E-state index contributed by atoms with van der Waals surface area (Å²) in [4.78, 5) is -0.315. The lowest BCUT2D eigenvalue weighted by Crippen LogP contribution is -2.32. The molecule has 0 heterocycles.